The Hall–Kier alpha value is -1.03. The van der Waals surface area contributed by atoms with Gasteiger partial charge in [-0.3, -0.25) is 4.79 Å². The lowest BCUT2D eigenvalue weighted by molar-refractivity contribution is -0.136. The van der Waals surface area contributed by atoms with Gasteiger partial charge in [-0.15, -0.1) is 0 Å². The van der Waals surface area contributed by atoms with E-state index in [1.54, 1.807) is 0 Å². The summed E-state index contributed by atoms with van der Waals surface area (Å²) < 4.78 is 0.977. The molecule has 0 heterocycles. The first kappa shape index (κ1) is 12.0. The molecule has 0 saturated heterocycles. The van der Waals surface area contributed by atoms with Crippen molar-refractivity contribution in [3.05, 3.63) is 27.7 Å². The second-order valence-corrected chi connectivity index (χ2v) is 4.36. The average Bonchev–Trinajstić information content (AvgIpc) is 2.08. The van der Waals surface area contributed by atoms with Gasteiger partial charge in [-0.1, -0.05) is 6.07 Å². The number of hydrogen-bond donors (Lipinski definition) is 2. The molecule has 0 atom stereocenters. The number of carboxylic acid groups (broad SMARTS) is 1. The van der Waals surface area contributed by atoms with Gasteiger partial charge >= 0.3 is 5.97 Å². The molecule has 15 heavy (non-hydrogen) atoms. The Balaban J connectivity index is 2.72. The Morgan fingerprint density at radius 3 is 2.67 bits per heavy atom. The molecule has 0 saturated carbocycles. The zero-order chi connectivity index (χ0) is 11.4. The lowest BCUT2D eigenvalue weighted by Crippen LogP contribution is -2.08. The third-order valence-electron chi connectivity index (χ3n) is 2.07. The Labute approximate surface area is 97.6 Å². The van der Waals surface area contributed by atoms with Gasteiger partial charge in [0.05, 0.1) is 12.1 Å². The fourth-order valence-electron chi connectivity index (χ4n) is 1.43. The van der Waals surface area contributed by atoms with Crippen LogP contribution in [0.2, 0.25) is 0 Å². The summed E-state index contributed by atoms with van der Waals surface area (Å²) >= 11 is 3.46. The van der Waals surface area contributed by atoms with Gasteiger partial charge in [0.2, 0.25) is 0 Å². The fourth-order valence-corrected chi connectivity index (χ4v) is 2.25. The third kappa shape index (κ3) is 3.55. The van der Waals surface area contributed by atoms with Crippen LogP contribution in [0.15, 0.2) is 16.6 Å². The number of aliphatic carboxylic acids is 1. The molecule has 2 N–H and O–H groups in total. The molecule has 0 aromatic heterocycles. The standard InChI is InChI=1S/C11H14BrNO2/c1-7-5-8(2)11(9(12)6-7)13-4-3-10(14)15/h5-6,13H,3-4H2,1-2H3,(H,14,15). The second kappa shape index (κ2) is 5.16. The van der Waals surface area contributed by atoms with E-state index in [0.29, 0.717) is 6.54 Å². The van der Waals surface area contributed by atoms with Gasteiger partial charge < -0.3 is 10.4 Å². The minimum atomic E-state index is -0.789. The molecule has 82 valence electrons. The van der Waals surface area contributed by atoms with Crippen molar-refractivity contribution in [2.24, 2.45) is 0 Å². The Bertz CT molecular complexity index is 354. The van der Waals surface area contributed by atoms with E-state index in [4.69, 9.17) is 5.11 Å². The number of aryl methyl sites for hydroxylation is 2. The zero-order valence-electron chi connectivity index (χ0n) is 8.80. The van der Waals surface area contributed by atoms with E-state index in [2.05, 4.69) is 27.3 Å². The topological polar surface area (TPSA) is 49.3 Å². The Morgan fingerprint density at radius 2 is 2.13 bits per heavy atom. The molecule has 3 nitrogen and oxygen atoms in total. The van der Waals surface area contributed by atoms with Crippen molar-refractivity contribution >= 4 is 27.6 Å². The molecule has 0 bridgehead atoms. The van der Waals surface area contributed by atoms with Crippen LogP contribution in [0.3, 0.4) is 0 Å². The molecule has 0 aliphatic carbocycles. The smallest absolute Gasteiger partial charge is 0.305 e. The van der Waals surface area contributed by atoms with Crippen LogP contribution in [0.25, 0.3) is 0 Å². The van der Waals surface area contributed by atoms with Crippen LogP contribution in [-0.2, 0) is 4.79 Å². The minimum absolute atomic E-state index is 0.125. The van der Waals surface area contributed by atoms with E-state index < -0.39 is 5.97 Å². The SMILES string of the molecule is Cc1cc(C)c(NCCC(=O)O)c(Br)c1. The molecule has 1 aromatic carbocycles. The molecular formula is C11H14BrNO2. The molecule has 0 radical (unpaired) electrons. The van der Waals surface area contributed by atoms with Crippen molar-refractivity contribution in [3.8, 4) is 0 Å². The number of carbonyl (C=O) groups is 1. The highest BCUT2D eigenvalue weighted by Crippen LogP contribution is 2.27. The van der Waals surface area contributed by atoms with Crippen molar-refractivity contribution < 1.29 is 9.90 Å². The molecule has 0 amide bonds. The molecule has 1 aromatic rings. The number of halogens is 1. The summed E-state index contributed by atoms with van der Waals surface area (Å²) in [7, 11) is 0. The van der Waals surface area contributed by atoms with Crippen molar-refractivity contribution in [3.63, 3.8) is 0 Å². The summed E-state index contributed by atoms with van der Waals surface area (Å²) in [6.45, 7) is 4.47. The lowest BCUT2D eigenvalue weighted by Gasteiger charge is -2.11. The van der Waals surface area contributed by atoms with E-state index >= 15 is 0 Å². The van der Waals surface area contributed by atoms with Crippen molar-refractivity contribution in [1.29, 1.82) is 0 Å². The summed E-state index contributed by atoms with van der Waals surface area (Å²) in [5, 5.41) is 11.6. The van der Waals surface area contributed by atoms with E-state index in [9.17, 15) is 4.79 Å². The van der Waals surface area contributed by atoms with Crippen LogP contribution in [-0.4, -0.2) is 17.6 Å². The van der Waals surface area contributed by atoms with Gasteiger partial charge in [-0.2, -0.15) is 0 Å². The minimum Gasteiger partial charge on any atom is -0.481 e. The maximum Gasteiger partial charge on any atom is 0.305 e. The van der Waals surface area contributed by atoms with Crippen LogP contribution >= 0.6 is 15.9 Å². The van der Waals surface area contributed by atoms with Gasteiger partial charge in [0, 0.05) is 11.0 Å². The number of nitrogens with one attached hydrogen (secondary N) is 1. The van der Waals surface area contributed by atoms with Crippen LogP contribution in [0.5, 0.6) is 0 Å². The maximum atomic E-state index is 10.4. The highest BCUT2D eigenvalue weighted by atomic mass is 79.9. The number of anilines is 1. The van der Waals surface area contributed by atoms with Gasteiger partial charge in [0.25, 0.3) is 0 Å². The first-order valence-corrected chi connectivity index (χ1v) is 5.52. The quantitative estimate of drug-likeness (QED) is 0.885. The summed E-state index contributed by atoms with van der Waals surface area (Å²) in [5.41, 5.74) is 3.28. The summed E-state index contributed by atoms with van der Waals surface area (Å²) in [4.78, 5) is 10.4. The van der Waals surface area contributed by atoms with E-state index in [-0.39, 0.29) is 6.42 Å². The maximum absolute atomic E-state index is 10.4. The Morgan fingerprint density at radius 1 is 1.47 bits per heavy atom. The van der Waals surface area contributed by atoms with Gasteiger partial charge in [-0.05, 0) is 47.0 Å². The van der Waals surface area contributed by atoms with Crippen LogP contribution < -0.4 is 5.32 Å². The lowest BCUT2D eigenvalue weighted by atomic mass is 10.1. The van der Waals surface area contributed by atoms with E-state index in [0.717, 1.165) is 15.7 Å². The molecule has 4 heteroatoms. The van der Waals surface area contributed by atoms with E-state index in [1.807, 2.05) is 19.9 Å². The summed E-state index contributed by atoms with van der Waals surface area (Å²) in [5.74, 6) is -0.789. The van der Waals surface area contributed by atoms with Crippen LogP contribution in [0.4, 0.5) is 5.69 Å². The van der Waals surface area contributed by atoms with E-state index in [1.165, 1.54) is 5.56 Å². The third-order valence-corrected chi connectivity index (χ3v) is 2.70. The average molecular weight is 272 g/mol. The zero-order valence-corrected chi connectivity index (χ0v) is 10.4. The fraction of sp³-hybridized carbons (Fsp3) is 0.364. The highest BCUT2D eigenvalue weighted by Gasteiger charge is 2.05. The predicted octanol–water partition coefficient (Wildman–Crippen LogP) is 2.95. The largest absolute Gasteiger partial charge is 0.481 e. The number of carboxylic acids is 1. The first-order chi connectivity index (χ1) is 7.00. The molecule has 1 rings (SSSR count). The highest BCUT2D eigenvalue weighted by molar-refractivity contribution is 9.10. The van der Waals surface area contributed by atoms with Crippen molar-refractivity contribution in [2.75, 3.05) is 11.9 Å². The molecule has 0 spiro atoms. The number of benzene rings is 1. The van der Waals surface area contributed by atoms with Crippen molar-refractivity contribution in [1.82, 2.24) is 0 Å². The predicted molar refractivity (Wildman–Crippen MR) is 64.4 cm³/mol. The second-order valence-electron chi connectivity index (χ2n) is 3.51. The van der Waals surface area contributed by atoms with Crippen LogP contribution in [0.1, 0.15) is 17.5 Å². The number of rotatable bonds is 4. The first-order valence-electron chi connectivity index (χ1n) is 4.73. The molecule has 0 aliphatic heterocycles. The van der Waals surface area contributed by atoms with Gasteiger partial charge in [0.15, 0.2) is 0 Å². The van der Waals surface area contributed by atoms with Gasteiger partial charge in [0.1, 0.15) is 0 Å². The summed E-state index contributed by atoms with van der Waals surface area (Å²) in [6.07, 6.45) is 0.125. The monoisotopic (exact) mass is 271 g/mol. The Kier molecular flexibility index (Phi) is 4.15. The van der Waals surface area contributed by atoms with Crippen LogP contribution in [0, 0.1) is 13.8 Å². The molecule has 0 unspecified atom stereocenters. The van der Waals surface area contributed by atoms with Crippen molar-refractivity contribution in [2.45, 2.75) is 20.3 Å². The summed E-state index contributed by atoms with van der Waals surface area (Å²) in [6, 6.07) is 4.07. The van der Waals surface area contributed by atoms with Gasteiger partial charge in [-0.25, -0.2) is 0 Å². The number of hydrogen-bond acceptors (Lipinski definition) is 2. The molecule has 0 fully saturated rings. The normalized spacial score (nSPS) is 10.1. The molecule has 0 aliphatic rings. The molecular weight excluding hydrogens is 258 g/mol.